The molecule has 2 fully saturated rings. The van der Waals surface area contributed by atoms with Gasteiger partial charge in [-0.05, 0) is 36.6 Å². The number of carbonyl (C=O) groups is 1. The molecular weight excluding hydrogens is 336 g/mol. The summed E-state index contributed by atoms with van der Waals surface area (Å²) in [4.78, 5) is 16.1. The first-order valence-electron chi connectivity index (χ1n) is 8.38. The monoisotopic (exact) mass is 355 g/mol. The van der Waals surface area contributed by atoms with Crippen molar-refractivity contribution in [1.29, 1.82) is 0 Å². The Morgan fingerprint density at radius 2 is 2.17 bits per heavy atom. The van der Waals surface area contributed by atoms with Crippen molar-refractivity contribution in [3.8, 4) is 0 Å². The summed E-state index contributed by atoms with van der Waals surface area (Å²) in [6, 6.07) is 5.76. The number of hydrogen-bond acceptors (Lipinski definition) is 3. The van der Waals surface area contributed by atoms with Gasteiger partial charge in [0.1, 0.15) is 0 Å². The van der Waals surface area contributed by atoms with Gasteiger partial charge in [0.15, 0.2) is 0 Å². The van der Waals surface area contributed by atoms with E-state index in [4.69, 9.17) is 11.6 Å². The lowest BCUT2D eigenvalue weighted by Crippen LogP contribution is -2.43. The molecule has 0 aromatic heterocycles. The maximum absolute atomic E-state index is 13.3. The van der Waals surface area contributed by atoms with E-state index in [-0.39, 0.29) is 31.0 Å². The molecule has 2 saturated heterocycles. The third-order valence-corrected chi connectivity index (χ3v) is 5.54. The van der Waals surface area contributed by atoms with Crippen LogP contribution in [0.15, 0.2) is 18.2 Å². The fourth-order valence-corrected chi connectivity index (χ4v) is 4.26. The second-order valence-electron chi connectivity index (χ2n) is 6.93. The average molecular weight is 356 g/mol. The summed E-state index contributed by atoms with van der Waals surface area (Å²) in [6.07, 6.45) is 1.38. The quantitative estimate of drug-likeness (QED) is 0.884. The predicted octanol–water partition coefficient (Wildman–Crippen LogP) is 2.30. The minimum absolute atomic E-state index is 0.153. The fraction of sp³-hybridized carbons (Fsp3) is 0.588. The smallest absolute Gasteiger partial charge is 0.267 e. The van der Waals surface area contributed by atoms with Crippen LogP contribution in [0.25, 0.3) is 0 Å². The van der Waals surface area contributed by atoms with E-state index < -0.39 is 12.5 Å². The average Bonchev–Trinajstić information content (AvgIpc) is 3.23. The van der Waals surface area contributed by atoms with Gasteiger partial charge in [-0.15, -0.1) is 0 Å². The fourth-order valence-electron chi connectivity index (χ4n) is 4.06. The van der Waals surface area contributed by atoms with Crippen molar-refractivity contribution in [1.82, 2.24) is 10.2 Å². The summed E-state index contributed by atoms with van der Waals surface area (Å²) in [5, 5.41) is 3.96. The third kappa shape index (κ3) is 2.86. The molecule has 1 N–H and O–H groups in total. The van der Waals surface area contributed by atoms with E-state index in [2.05, 4.69) is 10.2 Å². The van der Waals surface area contributed by atoms with E-state index in [9.17, 15) is 13.6 Å². The van der Waals surface area contributed by atoms with Crippen molar-refractivity contribution in [2.45, 2.75) is 37.3 Å². The second kappa shape index (κ2) is 5.85. The third-order valence-electron chi connectivity index (χ3n) is 5.30. The van der Waals surface area contributed by atoms with Crippen molar-refractivity contribution in [2.24, 2.45) is 0 Å². The van der Waals surface area contributed by atoms with Crippen LogP contribution >= 0.6 is 11.6 Å². The number of nitrogens with one attached hydrogen (secondary N) is 1. The van der Waals surface area contributed by atoms with Crippen LogP contribution < -0.4 is 10.2 Å². The Balaban J connectivity index is 1.42. The molecule has 0 aliphatic carbocycles. The molecular formula is C17H20ClF2N3O. The van der Waals surface area contributed by atoms with E-state index in [0.717, 1.165) is 18.0 Å². The maximum atomic E-state index is 13.3. The minimum atomic E-state index is -2.74. The molecule has 0 saturated carbocycles. The Morgan fingerprint density at radius 1 is 1.33 bits per heavy atom. The van der Waals surface area contributed by atoms with E-state index in [0.29, 0.717) is 13.0 Å². The number of carbonyl (C=O) groups excluding carboxylic acids is 1. The van der Waals surface area contributed by atoms with Gasteiger partial charge in [0, 0.05) is 42.8 Å². The molecule has 2 atom stereocenters. The molecule has 3 aliphatic rings. The first-order chi connectivity index (χ1) is 11.4. The van der Waals surface area contributed by atoms with Crippen LogP contribution in [0.2, 0.25) is 5.02 Å². The van der Waals surface area contributed by atoms with E-state index in [1.807, 2.05) is 18.2 Å². The Hall–Kier alpha value is -1.40. The molecule has 24 heavy (non-hydrogen) atoms. The maximum Gasteiger partial charge on any atom is 0.267 e. The van der Waals surface area contributed by atoms with E-state index in [1.165, 1.54) is 16.2 Å². The molecule has 4 nitrogen and oxygen atoms in total. The van der Waals surface area contributed by atoms with Gasteiger partial charge in [-0.3, -0.25) is 4.79 Å². The molecule has 0 bridgehead atoms. The van der Waals surface area contributed by atoms with Crippen molar-refractivity contribution < 1.29 is 13.6 Å². The lowest BCUT2D eigenvalue weighted by atomic mass is 10.1. The summed E-state index contributed by atoms with van der Waals surface area (Å²) >= 11 is 6.05. The number of nitrogens with zero attached hydrogens (tertiary/aromatic N) is 2. The van der Waals surface area contributed by atoms with E-state index >= 15 is 0 Å². The highest BCUT2D eigenvalue weighted by atomic mass is 35.5. The Labute approximate surface area is 144 Å². The number of anilines is 1. The summed E-state index contributed by atoms with van der Waals surface area (Å²) < 4.78 is 26.7. The molecule has 1 amide bonds. The number of halogens is 3. The number of likely N-dealkylation sites (tertiary alicyclic amines) is 1. The lowest BCUT2D eigenvalue weighted by molar-refractivity contribution is -0.133. The van der Waals surface area contributed by atoms with Gasteiger partial charge in [0.05, 0.1) is 12.6 Å². The predicted molar refractivity (Wildman–Crippen MR) is 88.8 cm³/mol. The van der Waals surface area contributed by atoms with Crippen molar-refractivity contribution in [3.63, 3.8) is 0 Å². The van der Waals surface area contributed by atoms with Gasteiger partial charge in [0.25, 0.3) is 5.92 Å². The summed E-state index contributed by atoms with van der Waals surface area (Å²) in [7, 11) is 0. The van der Waals surface area contributed by atoms with Crippen molar-refractivity contribution in [3.05, 3.63) is 28.8 Å². The Morgan fingerprint density at radius 3 is 2.92 bits per heavy atom. The minimum Gasteiger partial charge on any atom is -0.367 e. The van der Waals surface area contributed by atoms with Gasteiger partial charge in [0.2, 0.25) is 5.91 Å². The molecule has 7 heteroatoms. The van der Waals surface area contributed by atoms with Crippen LogP contribution in [0.1, 0.15) is 18.4 Å². The standard InChI is InChI=1S/C17H20ClF2N3O/c18-12-1-2-15-11(7-12)3-5-23(15)13-8-14(21-9-13)16(24)22-6-4-17(19,20)10-22/h1-2,7,13-14,21H,3-6,8-10H2/t13-,14-/m0/s1. The zero-order valence-electron chi connectivity index (χ0n) is 13.3. The van der Waals surface area contributed by atoms with Crippen LogP contribution in [-0.2, 0) is 11.2 Å². The molecule has 3 heterocycles. The van der Waals surface area contributed by atoms with Gasteiger partial charge in [-0.25, -0.2) is 8.78 Å². The number of amides is 1. The zero-order chi connectivity index (χ0) is 16.9. The summed E-state index contributed by atoms with van der Waals surface area (Å²) in [5.41, 5.74) is 2.41. The van der Waals surface area contributed by atoms with Crippen molar-refractivity contribution in [2.75, 3.05) is 31.1 Å². The normalized spacial score (nSPS) is 28.5. The second-order valence-corrected chi connectivity index (χ2v) is 7.37. The van der Waals surface area contributed by atoms with Crippen LogP contribution in [0.4, 0.5) is 14.5 Å². The zero-order valence-corrected chi connectivity index (χ0v) is 14.0. The first-order valence-corrected chi connectivity index (χ1v) is 8.76. The topological polar surface area (TPSA) is 35.6 Å². The van der Waals surface area contributed by atoms with Gasteiger partial charge in [-0.1, -0.05) is 11.6 Å². The summed E-state index contributed by atoms with van der Waals surface area (Å²) in [6.45, 7) is 1.31. The molecule has 4 rings (SSSR count). The Bertz CT molecular complexity index is 669. The molecule has 1 aromatic rings. The first kappa shape index (κ1) is 16.1. The van der Waals surface area contributed by atoms with Gasteiger partial charge >= 0.3 is 0 Å². The highest BCUT2D eigenvalue weighted by Crippen LogP contribution is 2.34. The number of rotatable bonds is 2. The molecule has 0 spiro atoms. The van der Waals surface area contributed by atoms with Crippen LogP contribution in [0.5, 0.6) is 0 Å². The SMILES string of the molecule is O=C([C@@H]1C[C@H](N2CCc3cc(Cl)ccc32)CN1)N1CCC(F)(F)C1. The molecule has 1 aromatic carbocycles. The number of fused-ring (bicyclic) bond motifs is 1. The highest BCUT2D eigenvalue weighted by molar-refractivity contribution is 6.30. The lowest BCUT2D eigenvalue weighted by Gasteiger charge is -2.27. The molecule has 0 unspecified atom stereocenters. The molecule has 130 valence electrons. The van der Waals surface area contributed by atoms with Crippen LogP contribution in [-0.4, -0.2) is 55.0 Å². The highest BCUT2D eigenvalue weighted by Gasteiger charge is 2.44. The van der Waals surface area contributed by atoms with Crippen LogP contribution in [0, 0.1) is 0 Å². The van der Waals surface area contributed by atoms with Gasteiger partial charge < -0.3 is 15.1 Å². The van der Waals surface area contributed by atoms with Gasteiger partial charge in [-0.2, -0.15) is 0 Å². The largest absolute Gasteiger partial charge is 0.367 e. The molecule has 0 radical (unpaired) electrons. The number of benzene rings is 1. The number of alkyl halides is 2. The Kier molecular flexibility index (Phi) is 3.92. The summed E-state index contributed by atoms with van der Waals surface area (Å²) in [5.74, 6) is -2.92. The van der Waals surface area contributed by atoms with Crippen molar-refractivity contribution >= 4 is 23.2 Å². The number of hydrogen-bond donors (Lipinski definition) is 1. The van der Waals surface area contributed by atoms with Crippen LogP contribution in [0.3, 0.4) is 0 Å². The molecule has 3 aliphatic heterocycles. The van der Waals surface area contributed by atoms with E-state index in [1.54, 1.807) is 0 Å².